The van der Waals surface area contributed by atoms with Gasteiger partial charge in [-0.2, -0.15) is 11.3 Å². The molecule has 0 aliphatic carbocycles. The van der Waals surface area contributed by atoms with Crippen LogP contribution in [0.25, 0.3) is 0 Å². The summed E-state index contributed by atoms with van der Waals surface area (Å²) in [5, 5.41) is 6.91. The monoisotopic (exact) mass is 350 g/mol. The van der Waals surface area contributed by atoms with Crippen molar-refractivity contribution >= 4 is 23.1 Å². The second-order valence-electron chi connectivity index (χ2n) is 5.08. The van der Waals surface area contributed by atoms with Crippen LogP contribution < -0.4 is 14.8 Å². The molecule has 0 saturated carbocycles. The predicted molar refractivity (Wildman–Crippen MR) is 95.2 cm³/mol. The number of carbonyl (C=O) groups is 1. The molecule has 0 fully saturated rings. The summed E-state index contributed by atoms with van der Waals surface area (Å²) in [4.78, 5) is 14.3. The van der Waals surface area contributed by atoms with Crippen LogP contribution in [0.5, 0.6) is 11.5 Å². The highest BCUT2D eigenvalue weighted by Crippen LogP contribution is 2.26. The van der Waals surface area contributed by atoms with Gasteiger partial charge >= 0.3 is 6.03 Å². The van der Waals surface area contributed by atoms with Crippen LogP contribution in [-0.4, -0.2) is 45.4 Å². The van der Waals surface area contributed by atoms with Crippen molar-refractivity contribution in [1.29, 1.82) is 0 Å². The van der Waals surface area contributed by atoms with Gasteiger partial charge in [-0.1, -0.05) is 0 Å². The van der Waals surface area contributed by atoms with Gasteiger partial charge in [0.05, 0.1) is 20.8 Å². The number of ether oxygens (including phenoxy) is 3. The van der Waals surface area contributed by atoms with E-state index in [4.69, 9.17) is 14.2 Å². The molecule has 0 unspecified atom stereocenters. The summed E-state index contributed by atoms with van der Waals surface area (Å²) in [6.07, 6.45) is 0. The van der Waals surface area contributed by atoms with Crippen molar-refractivity contribution in [3.8, 4) is 11.5 Å². The first-order chi connectivity index (χ1) is 11.7. The maximum Gasteiger partial charge on any atom is 0.322 e. The van der Waals surface area contributed by atoms with E-state index in [1.54, 1.807) is 55.8 Å². The number of rotatable bonds is 8. The summed E-state index contributed by atoms with van der Waals surface area (Å²) >= 11 is 1.61. The SMILES string of the molecule is COCCN(Cc1ccsc1)C(=O)Nc1cc(OC)cc(OC)c1. The Morgan fingerprint density at radius 2 is 1.88 bits per heavy atom. The summed E-state index contributed by atoms with van der Waals surface area (Å²) in [5.74, 6) is 1.23. The molecule has 0 spiro atoms. The van der Waals surface area contributed by atoms with Crippen molar-refractivity contribution in [2.24, 2.45) is 0 Å². The standard InChI is InChI=1S/C17H22N2O4S/c1-21-6-5-19(11-13-4-7-24-12-13)17(20)18-14-8-15(22-2)10-16(9-14)23-3/h4,7-10,12H,5-6,11H2,1-3H3,(H,18,20). The molecule has 1 aromatic heterocycles. The van der Waals surface area contributed by atoms with E-state index in [1.807, 2.05) is 16.8 Å². The Bertz CT molecular complexity index is 624. The number of benzene rings is 1. The van der Waals surface area contributed by atoms with Crippen LogP contribution in [0.1, 0.15) is 5.56 Å². The molecule has 0 bridgehead atoms. The number of thiophene rings is 1. The second kappa shape index (κ2) is 9.14. The molecule has 0 atom stereocenters. The molecule has 2 amide bonds. The Balaban J connectivity index is 2.11. The van der Waals surface area contributed by atoms with Crippen molar-refractivity contribution in [3.63, 3.8) is 0 Å². The van der Waals surface area contributed by atoms with Crippen LogP contribution in [0.4, 0.5) is 10.5 Å². The van der Waals surface area contributed by atoms with E-state index in [2.05, 4.69) is 5.32 Å². The number of urea groups is 1. The highest BCUT2D eigenvalue weighted by molar-refractivity contribution is 7.07. The van der Waals surface area contributed by atoms with Gasteiger partial charge in [0.25, 0.3) is 0 Å². The van der Waals surface area contributed by atoms with Gasteiger partial charge in [-0.05, 0) is 22.4 Å². The molecule has 0 aliphatic heterocycles. The number of anilines is 1. The van der Waals surface area contributed by atoms with Crippen LogP contribution in [0.15, 0.2) is 35.0 Å². The van der Waals surface area contributed by atoms with Gasteiger partial charge in [-0.3, -0.25) is 0 Å². The molecule has 0 radical (unpaired) electrons. The van der Waals surface area contributed by atoms with Gasteiger partial charge in [0, 0.05) is 44.1 Å². The topological polar surface area (TPSA) is 60.0 Å². The summed E-state index contributed by atoms with van der Waals surface area (Å²) in [6.45, 7) is 1.50. The minimum Gasteiger partial charge on any atom is -0.497 e. The fourth-order valence-corrected chi connectivity index (χ4v) is 2.80. The first-order valence-electron chi connectivity index (χ1n) is 7.45. The lowest BCUT2D eigenvalue weighted by Crippen LogP contribution is -2.36. The third kappa shape index (κ3) is 5.14. The van der Waals surface area contributed by atoms with E-state index in [0.29, 0.717) is 36.9 Å². The quantitative estimate of drug-likeness (QED) is 0.792. The summed E-state index contributed by atoms with van der Waals surface area (Å²) in [5.41, 5.74) is 1.71. The van der Waals surface area contributed by atoms with Gasteiger partial charge in [0.1, 0.15) is 11.5 Å². The highest BCUT2D eigenvalue weighted by atomic mass is 32.1. The Hall–Kier alpha value is -2.25. The van der Waals surface area contributed by atoms with E-state index in [9.17, 15) is 4.79 Å². The summed E-state index contributed by atoms with van der Waals surface area (Å²) in [7, 11) is 4.76. The Labute approximate surface area is 145 Å². The molecule has 0 saturated heterocycles. The smallest absolute Gasteiger partial charge is 0.322 e. The summed E-state index contributed by atoms with van der Waals surface area (Å²) in [6, 6.07) is 7.06. The Morgan fingerprint density at radius 3 is 2.42 bits per heavy atom. The highest BCUT2D eigenvalue weighted by Gasteiger charge is 2.15. The summed E-state index contributed by atoms with van der Waals surface area (Å²) < 4.78 is 15.6. The van der Waals surface area contributed by atoms with Crippen LogP contribution in [0.3, 0.4) is 0 Å². The molecule has 2 rings (SSSR count). The zero-order valence-corrected chi connectivity index (χ0v) is 14.9. The van der Waals surface area contributed by atoms with Gasteiger partial charge in [-0.25, -0.2) is 4.79 Å². The number of amides is 2. The van der Waals surface area contributed by atoms with Crippen molar-refractivity contribution in [1.82, 2.24) is 4.90 Å². The van der Waals surface area contributed by atoms with E-state index in [-0.39, 0.29) is 6.03 Å². The number of nitrogens with zero attached hydrogens (tertiary/aromatic N) is 1. The van der Waals surface area contributed by atoms with E-state index >= 15 is 0 Å². The van der Waals surface area contributed by atoms with Crippen LogP contribution in [-0.2, 0) is 11.3 Å². The minimum absolute atomic E-state index is 0.200. The molecule has 6 nitrogen and oxygen atoms in total. The molecule has 0 aliphatic rings. The lowest BCUT2D eigenvalue weighted by atomic mass is 10.2. The van der Waals surface area contributed by atoms with Crippen molar-refractivity contribution in [2.45, 2.75) is 6.54 Å². The number of nitrogens with one attached hydrogen (secondary N) is 1. The number of methoxy groups -OCH3 is 3. The zero-order chi connectivity index (χ0) is 17.4. The lowest BCUT2D eigenvalue weighted by molar-refractivity contribution is 0.153. The minimum atomic E-state index is -0.200. The first-order valence-corrected chi connectivity index (χ1v) is 8.39. The van der Waals surface area contributed by atoms with Crippen molar-refractivity contribution in [2.75, 3.05) is 39.8 Å². The van der Waals surface area contributed by atoms with Gasteiger partial charge in [0.15, 0.2) is 0 Å². The molecule has 1 N–H and O–H groups in total. The fourth-order valence-electron chi connectivity index (χ4n) is 2.14. The maximum atomic E-state index is 12.6. The molecule has 7 heteroatoms. The Kier molecular flexibility index (Phi) is 6.89. The molecule has 1 aromatic carbocycles. The normalized spacial score (nSPS) is 10.3. The predicted octanol–water partition coefficient (Wildman–Crippen LogP) is 3.45. The molecular weight excluding hydrogens is 328 g/mol. The zero-order valence-electron chi connectivity index (χ0n) is 14.1. The molecule has 1 heterocycles. The number of carbonyl (C=O) groups excluding carboxylic acids is 1. The van der Waals surface area contributed by atoms with Crippen LogP contribution >= 0.6 is 11.3 Å². The lowest BCUT2D eigenvalue weighted by Gasteiger charge is -2.22. The van der Waals surface area contributed by atoms with Gasteiger partial charge in [0.2, 0.25) is 0 Å². The van der Waals surface area contributed by atoms with Crippen LogP contribution in [0, 0.1) is 0 Å². The third-order valence-electron chi connectivity index (χ3n) is 3.41. The first kappa shape index (κ1) is 18.1. The number of hydrogen-bond acceptors (Lipinski definition) is 5. The van der Waals surface area contributed by atoms with Crippen LogP contribution in [0.2, 0.25) is 0 Å². The van der Waals surface area contributed by atoms with E-state index in [1.165, 1.54) is 0 Å². The van der Waals surface area contributed by atoms with Crippen molar-refractivity contribution in [3.05, 3.63) is 40.6 Å². The average Bonchev–Trinajstić information content (AvgIpc) is 3.11. The largest absolute Gasteiger partial charge is 0.497 e. The molecular formula is C17H22N2O4S. The third-order valence-corrected chi connectivity index (χ3v) is 4.14. The second-order valence-corrected chi connectivity index (χ2v) is 5.86. The number of hydrogen-bond donors (Lipinski definition) is 1. The van der Waals surface area contributed by atoms with Gasteiger partial charge < -0.3 is 24.4 Å². The average molecular weight is 350 g/mol. The van der Waals surface area contributed by atoms with Gasteiger partial charge in [-0.15, -0.1) is 0 Å². The Morgan fingerprint density at radius 1 is 1.17 bits per heavy atom. The molecule has 130 valence electrons. The maximum absolute atomic E-state index is 12.6. The molecule has 2 aromatic rings. The molecule has 24 heavy (non-hydrogen) atoms. The van der Waals surface area contributed by atoms with E-state index in [0.717, 1.165) is 5.56 Å². The fraction of sp³-hybridized carbons (Fsp3) is 0.353. The van der Waals surface area contributed by atoms with Crippen molar-refractivity contribution < 1.29 is 19.0 Å². The van der Waals surface area contributed by atoms with E-state index < -0.39 is 0 Å².